The maximum atomic E-state index is 10.6. The highest BCUT2D eigenvalue weighted by atomic mass is 16.4. The van der Waals surface area contributed by atoms with Crippen molar-refractivity contribution in [2.75, 3.05) is 0 Å². The van der Waals surface area contributed by atoms with Crippen molar-refractivity contribution >= 4 is 11.9 Å². The van der Waals surface area contributed by atoms with E-state index >= 15 is 0 Å². The van der Waals surface area contributed by atoms with E-state index in [1.807, 2.05) is 0 Å². The van der Waals surface area contributed by atoms with E-state index in [0.29, 0.717) is 0 Å². The topological polar surface area (TPSA) is 92.4 Å². The van der Waals surface area contributed by atoms with E-state index < -0.39 is 17.5 Å². The van der Waals surface area contributed by atoms with Crippen molar-refractivity contribution in [2.24, 2.45) is 5.73 Å². The summed E-state index contributed by atoms with van der Waals surface area (Å²) >= 11 is 0. The molecule has 0 radical (unpaired) electrons. The van der Waals surface area contributed by atoms with Crippen molar-refractivity contribution in [3.05, 3.63) is 12.2 Å². The molecule has 5 nitrogen and oxygen atoms in total. The van der Waals surface area contributed by atoms with Crippen LogP contribution in [0.1, 0.15) is 13.8 Å². The van der Waals surface area contributed by atoms with Crippen LogP contribution in [0, 0.1) is 0 Å². The van der Waals surface area contributed by atoms with Gasteiger partial charge >= 0.3 is 5.97 Å². The Morgan fingerprint density at radius 3 is 2.33 bits per heavy atom. The van der Waals surface area contributed by atoms with Gasteiger partial charge in [-0.1, -0.05) is 6.08 Å². The number of hydrogen-bond donors (Lipinski definition) is 3. The molecular formula is C7H12N2O3. The molecule has 0 aromatic carbocycles. The quantitative estimate of drug-likeness (QED) is 0.393. The van der Waals surface area contributed by atoms with Crippen molar-refractivity contribution in [3.8, 4) is 0 Å². The van der Waals surface area contributed by atoms with Crippen LogP contribution >= 0.6 is 0 Å². The minimum atomic E-state index is -1.79. The largest absolute Gasteiger partial charge is 0.478 e. The molecule has 68 valence electrons. The first-order valence-electron chi connectivity index (χ1n) is 3.37. The number of rotatable bonds is 3. The second-order valence-electron chi connectivity index (χ2n) is 2.36. The zero-order valence-corrected chi connectivity index (χ0v) is 7.00. The van der Waals surface area contributed by atoms with Crippen LogP contribution < -0.4 is 11.1 Å². The summed E-state index contributed by atoms with van der Waals surface area (Å²) in [6.07, 6.45) is 2.67. The minimum absolute atomic E-state index is 0.488. The Balaban J connectivity index is 4.62. The van der Waals surface area contributed by atoms with Gasteiger partial charge in [-0.15, -0.1) is 0 Å². The molecule has 0 saturated carbocycles. The van der Waals surface area contributed by atoms with Gasteiger partial charge in [0.1, 0.15) is 0 Å². The van der Waals surface area contributed by atoms with E-state index in [2.05, 4.69) is 5.32 Å². The molecule has 0 saturated heterocycles. The monoisotopic (exact) mass is 172 g/mol. The van der Waals surface area contributed by atoms with Crippen molar-refractivity contribution in [2.45, 2.75) is 19.5 Å². The Kier molecular flexibility index (Phi) is 3.43. The van der Waals surface area contributed by atoms with Gasteiger partial charge in [-0.05, 0) is 13.0 Å². The maximum absolute atomic E-state index is 10.6. The van der Waals surface area contributed by atoms with Gasteiger partial charge in [-0.3, -0.25) is 10.5 Å². The molecule has 0 rings (SSSR count). The maximum Gasteiger partial charge on any atom is 0.348 e. The van der Waals surface area contributed by atoms with E-state index in [1.165, 1.54) is 19.1 Å². The molecule has 0 spiro atoms. The summed E-state index contributed by atoms with van der Waals surface area (Å²) in [7, 11) is 0. The molecule has 0 aliphatic rings. The van der Waals surface area contributed by atoms with Crippen LogP contribution in [0.4, 0.5) is 0 Å². The molecule has 5 heteroatoms. The summed E-state index contributed by atoms with van der Waals surface area (Å²) in [5.74, 6) is -1.78. The van der Waals surface area contributed by atoms with E-state index in [9.17, 15) is 9.59 Å². The SMILES string of the molecule is CC=CC(N)(NC(C)=O)C(=O)O. The fraction of sp³-hybridized carbons (Fsp3) is 0.429. The molecule has 1 unspecified atom stereocenters. The number of carboxylic acid groups (broad SMARTS) is 1. The van der Waals surface area contributed by atoms with Crippen LogP contribution in [-0.4, -0.2) is 22.6 Å². The van der Waals surface area contributed by atoms with Gasteiger partial charge in [-0.2, -0.15) is 0 Å². The van der Waals surface area contributed by atoms with Gasteiger partial charge < -0.3 is 10.4 Å². The van der Waals surface area contributed by atoms with Crippen molar-refractivity contribution < 1.29 is 14.7 Å². The molecule has 0 bridgehead atoms. The molecule has 0 aliphatic carbocycles. The van der Waals surface area contributed by atoms with Crippen LogP contribution in [-0.2, 0) is 9.59 Å². The summed E-state index contributed by atoms with van der Waals surface area (Å²) in [5, 5.41) is 10.7. The highest BCUT2D eigenvalue weighted by molar-refractivity contribution is 5.87. The van der Waals surface area contributed by atoms with Gasteiger partial charge in [-0.25, -0.2) is 4.79 Å². The molecule has 0 fully saturated rings. The van der Waals surface area contributed by atoms with Crippen molar-refractivity contribution in [3.63, 3.8) is 0 Å². The molecule has 12 heavy (non-hydrogen) atoms. The highest BCUT2D eigenvalue weighted by Crippen LogP contribution is 1.98. The molecule has 0 aromatic heterocycles. The number of nitrogens with two attached hydrogens (primary N) is 1. The number of carbonyl (C=O) groups is 2. The van der Waals surface area contributed by atoms with Crippen molar-refractivity contribution in [1.29, 1.82) is 0 Å². The number of carboxylic acids is 1. The standard InChI is InChI=1S/C7H12N2O3/c1-3-4-7(8,6(11)12)9-5(2)10/h3-4H,8H2,1-2H3,(H,9,10)(H,11,12). The normalized spacial score (nSPS) is 15.6. The molecule has 4 N–H and O–H groups in total. The molecule has 1 atom stereocenters. The zero-order valence-electron chi connectivity index (χ0n) is 7.00. The van der Waals surface area contributed by atoms with Gasteiger partial charge in [0.15, 0.2) is 0 Å². The summed E-state index contributed by atoms with van der Waals surface area (Å²) in [6, 6.07) is 0. The Morgan fingerprint density at radius 2 is 2.08 bits per heavy atom. The molecule has 1 amide bonds. The molecular weight excluding hydrogens is 160 g/mol. The number of carbonyl (C=O) groups excluding carboxylic acids is 1. The Hall–Kier alpha value is -1.36. The summed E-state index contributed by atoms with van der Waals surface area (Å²) in [4.78, 5) is 21.1. The second kappa shape index (κ2) is 3.87. The van der Waals surface area contributed by atoms with Gasteiger partial charge in [0.05, 0.1) is 0 Å². The fourth-order valence-electron chi connectivity index (χ4n) is 0.721. The summed E-state index contributed by atoms with van der Waals surface area (Å²) in [5.41, 5.74) is 3.54. The van der Waals surface area contributed by atoms with Crippen LogP contribution in [0.25, 0.3) is 0 Å². The lowest BCUT2D eigenvalue weighted by molar-refractivity contribution is -0.144. The van der Waals surface area contributed by atoms with Gasteiger partial charge in [0.25, 0.3) is 0 Å². The first-order chi connectivity index (χ1) is 5.42. The number of nitrogens with one attached hydrogen (secondary N) is 1. The lowest BCUT2D eigenvalue weighted by atomic mass is 10.1. The van der Waals surface area contributed by atoms with Crippen LogP contribution in [0.5, 0.6) is 0 Å². The first kappa shape index (κ1) is 10.6. The van der Waals surface area contributed by atoms with E-state index in [4.69, 9.17) is 10.8 Å². The van der Waals surface area contributed by atoms with Crippen molar-refractivity contribution in [1.82, 2.24) is 5.32 Å². The average molecular weight is 172 g/mol. The molecule has 0 aromatic rings. The molecule has 0 heterocycles. The second-order valence-corrected chi connectivity index (χ2v) is 2.36. The number of allylic oxidation sites excluding steroid dienone is 1. The predicted octanol–water partition coefficient (Wildman–Crippen LogP) is -0.562. The third-order valence-corrected chi connectivity index (χ3v) is 1.17. The minimum Gasteiger partial charge on any atom is -0.478 e. The summed E-state index contributed by atoms with van der Waals surface area (Å²) < 4.78 is 0. The summed E-state index contributed by atoms with van der Waals surface area (Å²) in [6.45, 7) is 2.82. The number of hydrogen-bond acceptors (Lipinski definition) is 3. The Morgan fingerprint density at radius 1 is 1.58 bits per heavy atom. The third-order valence-electron chi connectivity index (χ3n) is 1.17. The smallest absolute Gasteiger partial charge is 0.348 e. The van der Waals surface area contributed by atoms with E-state index in [0.717, 1.165) is 0 Å². The van der Waals surface area contributed by atoms with Crippen LogP contribution in [0.15, 0.2) is 12.2 Å². The Labute approximate surface area is 70.2 Å². The van der Waals surface area contributed by atoms with Gasteiger partial charge in [0, 0.05) is 6.92 Å². The zero-order chi connectivity index (χ0) is 9.78. The van der Waals surface area contributed by atoms with E-state index in [1.54, 1.807) is 6.92 Å². The first-order valence-corrected chi connectivity index (χ1v) is 3.37. The lowest BCUT2D eigenvalue weighted by Crippen LogP contribution is -2.59. The lowest BCUT2D eigenvalue weighted by Gasteiger charge is -2.20. The number of aliphatic carboxylic acids is 1. The average Bonchev–Trinajstić information content (AvgIpc) is 1.85. The van der Waals surface area contributed by atoms with Gasteiger partial charge in [0.2, 0.25) is 11.6 Å². The number of amides is 1. The highest BCUT2D eigenvalue weighted by Gasteiger charge is 2.31. The third kappa shape index (κ3) is 2.71. The fourth-order valence-corrected chi connectivity index (χ4v) is 0.721. The molecule has 0 aliphatic heterocycles. The Bertz CT molecular complexity index is 225. The van der Waals surface area contributed by atoms with E-state index in [-0.39, 0.29) is 0 Å². The van der Waals surface area contributed by atoms with Crippen LogP contribution in [0.2, 0.25) is 0 Å². The predicted molar refractivity (Wildman–Crippen MR) is 43.2 cm³/mol. The van der Waals surface area contributed by atoms with Crippen LogP contribution in [0.3, 0.4) is 0 Å².